The number of carbonyl (C=O) groups excluding carboxylic acids is 2. The third-order valence-electron chi connectivity index (χ3n) is 3.83. The second kappa shape index (κ2) is 7.31. The summed E-state index contributed by atoms with van der Waals surface area (Å²) in [4.78, 5) is 38.4. The number of aromatic carboxylic acids is 1. The first-order chi connectivity index (χ1) is 11.7. The number of hydrogen-bond acceptors (Lipinski definition) is 4. The number of benzene rings is 1. The topological polar surface area (TPSA) is 108 Å². The number of methoxy groups -OCH3 is 1. The number of anilines is 1. The summed E-state index contributed by atoms with van der Waals surface area (Å²) in [6.45, 7) is 5.08. The van der Waals surface area contributed by atoms with Gasteiger partial charge in [-0.1, -0.05) is 0 Å². The molecule has 2 rings (SSSR count). The zero-order valence-electron chi connectivity index (χ0n) is 14.5. The predicted octanol–water partition coefficient (Wildman–Crippen LogP) is 2.93. The van der Waals surface area contributed by atoms with Gasteiger partial charge in [-0.2, -0.15) is 0 Å². The summed E-state index contributed by atoms with van der Waals surface area (Å²) in [6, 6.07) is 4.50. The minimum Gasteiger partial charge on any atom is -0.478 e. The molecule has 0 atom stereocenters. The van der Waals surface area contributed by atoms with Crippen LogP contribution in [0.4, 0.5) is 5.69 Å². The first-order valence-corrected chi connectivity index (χ1v) is 7.62. The fraction of sp³-hybridized carbons (Fsp3) is 0.278. The fourth-order valence-electron chi connectivity index (χ4n) is 2.84. The molecule has 0 spiro atoms. The largest absolute Gasteiger partial charge is 0.478 e. The molecule has 3 N–H and O–H groups in total. The van der Waals surface area contributed by atoms with Gasteiger partial charge in [0.15, 0.2) is 5.78 Å². The first kappa shape index (κ1) is 18.4. The first-order valence-electron chi connectivity index (χ1n) is 7.62. The maximum Gasteiger partial charge on any atom is 0.335 e. The molecule has 25 heavy (non-hydrogen) atoms. The van der Waals surface area contributed by atoms with Gasteiger partial charge in [0, 0.05) is 24.1 Å². The van der Waals surface area contributed by atoms with Crippen LogP contribution in [0.25, 0.3) is 0 Å². The number of ether oxygens (including phenoxy) is 1. The van der Waals surface area contributed by atoms with Crippen molar-refractivity contribution in [2.45, 2.75) is 27.4 Å². The van der Waals surface area contributed by atoms with Crippen molar-refractivity contribution in [3.05, 3.63) is 51.8 Å². The van der Waals surface area contributed by atoms with Crippen molar-refractivity contribution in [2.75, 3.05) is 12.4 Å². The van der Waals surface area contributed by atoms with Gasteiger partial charge in [0.2, 0.25) is 0 Å². The van der Waals surface area contributed by atoms with E-state index in [1.807, 2.05) is 0 Å². The van der Waals surface area contributed by atoms with Crippen LogP contribution in [0.1, 0.15) is 54.9 Å². The zero-order chi connectivity index (χ0) is 18.7. The smallest absolute Gasteiger partial charge is 0.335 e. The Balaban J connectivity index is 2.36. The summed E-state index contributed by atoms with van der Waals surface area (Å²) in [6.07, 6.45) is 0. The average molecular weight is 344 g/mol. The van der Waals surface area contributed by atoms with Crippen molar-refractivity contribution in [3.8, 4) is 0 Å². The van der Waals surface area contributed by atoms with Gasteiger partial charge in [-0.15, -0.1) is 0 Å². The molecule has 1 amide bonds. The van der Waals surface area contributed by atoms with E-state index < -0.39 is 11.9 Å². The highest BCUT2D eigenvalue weighted by molar-refractivity contribution is 6.08. The number of H-pyrrole nitrogens is 1. The molecule has 1 aromatic carbocycles. The Labute approximate surface area is 145 Å². The summed E-state index contributed by atoms with van der Waals surface area (Å²) in [5.41, 5.74) is 2.97. The van der Waals surface area contributed by atoms with Crippen LogP contribution in [0.5, 0.6) is 0 Å². The molecule has 0 aliphatic rings. The van der Waals surface area contributed by atoms with Crippen LogP contribution < -0.4 is 5.32 Å². The maximum absolute atomic E-state index is 12.5. The molecule has 0 saturated heterocycles. The highest BCUT2D eigenvalue weighted by Crippen LogP contribution is 2.21. The van der Waals surface area contributed by atoms with Crippen molar-refractivity contribution in [1.29, 1.82) is 0 Å². The lowest BCUT2D eigenvalue weighted by molar-refractivity contribution is 0.0696. The molecular formula is C18H20N2O5. The van der Waals surface area contributed by atoms with E-state index in [1.54, 1.807) is 19.9 Å². The molecule has 7 heteroatoms. The zero-order valence-corrected chi connectivity index (χ0v) is 14.5. The van der Waals surface area contributed by atoms with Crippen molar-refractivity contribution in [2.24, 2.45) is 0 Å². The Morgan fingerprint density at radius 1 is 1.20 bits per heavy atom. The Morgan fingerprint density at radius 3 is 2.40 bits per heavy atom. The minimum absolute atomic E-state index is 0.0497. The van der Waals surface area contributed by atoms with E-state index in [-0.39, 0.29) is 23.6 Å². The van der Waals surface area contributed by atoms with Crippen LogP contribution >= 0.6 is 0 Å². The van der Waals surface area contributed by atoms with E-state index in [0.717, 1.165) is 0 Å². The van der Waals surface area contributed by atoms with Gasteiger partial charge in [-0.3, -0.25) is 9.59 Å². The van der Waals surface area contributed by atoms with Crippen molar-refractivity contribution >= 4 is 23.3 Å². The van der Waals surface area contributed by atoms with E-state index in [0.29, 0.717) is 28.1 Å². The number of aromatic nitrogens is 1. The summed E-state index contributed by atoms with van der Waals surface area (Å²) in [5.74, 6) is -1.67. The second-order valence-electron chi connectivity index (χ2n) is 5.79. The molecule has 0 unspecified atom stereocenters. The number of carbonyl (C=O) groups is 3. The van der Waals surface area contributed by atoms with Crippen LogP contribution in [0, 0.1) is 13.8 Å². The van der Waals surface area contributed by atoms with Crippen molar-refractivity contribution in [3.63, 3.8) is 0 Å². The van der Waals surface area contributed by atoms with E-state index in [1.165, 1.54) is 26.2 Å². The van der Waals surface area contributed by atoms with Crippen LogP contribution in [-0.4, -0.2) is 34.9 Å². The third-order valence-corrected chi connectivity index (χ3v) is 3.83. The second-order valence-corrected chi connectivity index (χ2v) is 5.79. The number of rotatable bonds is 6. The number of nitrogens with one attached hydrogen (secondary N) is 2. The highest BCUT2D eigenvalue weighted by Gasteiger charge is 2.20. The molecule has 0 bridgehead atoms. The molecular weight excluding hydrogens is 324 g/mol. The van der Waals surface area contributed by atoms with E-state index in [9.17, 15) is 19.5 Å². The number of carboxylic acids is 1. The SMILES string of the molecule is COCc1cc(NC(=O)c2[nH]c(C)c(C(C)=O)c2C)cc(C(=O)O)c1. The lowest BCUT2D eigenvalue weighted by atomic mass is 10.1. The monoisotopic (exact) mass is 344 g/mol. The van der Waals surface area contributed by atoms with Gasteiger partial charge in [0.1, 0.15) is 5.69 Å². The Bertz CT molecular complexity index is 851. The average Bonchev–Trinajstić information content (AvgIpc) is 2.82. The molecule has 0 aliphatic carbocycles. The van der Waals surface area contributed by atoms with E-state index >= 15 is 0 Å². The number of ketones is 1. The number of amides is 1. The van der Waals surface area contributed by atoms with Crippen LogP contribution in [-0.2, 0) is 11.3 Å². The lowest BCUT2D eigenvalue weighted by Crippen LogP contribution is -2.15. The highest BCUT2D eigenvalue weighted by atomic mass is 16.5. The molecule has 0 aliphatic heterocycles. The fourth-order valence-corrected chi connectivity index (χ4v) is 2.84. The third kappa shape index (κ3) is 3.95. The number of Topliss-reactive ketones (excluding diaryl/α,β-unsaturated/α-hetero) is 1. The van der Waals surface area contributed by atoms with Gasteiger partial charge < -0.3 is 20.1 Å². The standard InChI is InChI=1S/C18H20N2O5/c1-9-15(11(3)21)10(2)19-16(9)17(22)20-14-6-12(8-25-4)5-13(7-14)18(23)24/h5-7,19H,8H2,1-4H3,(H,20,22)(H,23,24). The van der Waals surface area contributed by atoms with Crippen molar-refractivity contribution in [1.82, 2.24) is 4.98 Å². The number of aryl methyl sites for hydroxylation is 1. The summed E-state index contributed by atoms with van der Waals surface area (Å²) in [5, 5.41) is 11.9. The van der Waals surface area contributed by atoms with Gasteiger partial charge >= 0.3 is 5.97 Å². The molecule has 132 valence electrons. The van der Waals surface area contributed by atoms with Crippen LogP contribution in [0.2, 0.25) is 0 Å². The van der Waals surface area contributed by atoms with Gasteiger partial charge in [0.05, 0.1) is 12.2 Å². The summed E-state index contributed by atoms with van der Waals surface area (Å²) >= 11 is 0. The normalized spacial score (nSPS) is 10.6. The molecule has 7 nitrogen and oxygen atoms in total. The predicted molar refractivity (Wildman–Crippen MR) is 92.3 cm³/mol. The maximum atomic E-state index is 12.5. The van der Waals surface area contributed by atoms with Crippen LogP contribution in [0.3, 0.4) is 0 Å². The van der Waals surface area contributed by atoms with E-state index in [4.69, 9.17) is 4.74 Å². The summed E-state index contributed by atoms with van der Waals surface area (Å²) in [7, 11) is 1.50. The van der Waals surface area contributed by atoms with E-state index in [2.05, 4.69) is 10.3 Å². The van der Waals surface area contributed by atoms with Crippen molar-refractivity contribution < 1.29 is 24.2 Å². The number of aromatic amines is 1. The van der Waals surface area contributed by atoms with Gasteiger partial charge in [-0.05, 0) is 50.1 Å². The quantitative estimate of drug-likeness (QED) is 0.698. The molecule has 1 aromatic heterocycles. The number of carboxylic acid groups (broad SMARTS) is 1. The molecule has 0 fully saturated rings. The molecule has 1 heterocycles. The molecule has 2 aromatic rings. The van der Waals surface area contributed by atoms with Gasteiger partial charge in [0.25, 0.3) is 5.91 Å². The summed E-state index contributed by atoms with van der Waals surface area (Å²) < 4.78 is 5.02. The van der Waals surface area contributed by atoms with Gasteiger partial charge in [-0.25, -0.2) is 4.79 Å². The Hall–Kier alpha value is -2.93. The lowest BCUT2D eigenvalue weighted by Gasteiger charge is -2.09. The molecule has 0 radical (unpaired) electrons. The minimum atomic E-state index is -1.10. The number of hydrogen-bond donors (Lipinski definition) is 3. The molecule has 0 saturated carbocycles. The van der Waals surface area contributed by atoms with Crippen LogP contribution in [0.15, 0.2) is 18.2 Å². The Kier molecular flexibility index (Phi) is 5.38. The Morgan fingerprint density at radius 2 is 1.88 bits per heavy atom.